The van der Waals surface area contributed by atoms with Crippen LogP contribution in [-0.4, -0.2) is 25.0 Å². The molecule has 1 unspecified atom stereocenters. The van der Waals surface area contributed by atoms with Crippen molar-refractivity contribution in [2.24, 2.45) is 0 Å². The number of nitriles is 1. The highest BCUT2D eigenvalue weighted by atomic mass is 16.2. The summed E-state index contributed by atoms with van der Waals surface area (Å²) >= 11 is 0. The van der Waals surface area contributed by atoms with Crippen molar-refractivity contribution in [3.05, 3.63) is 30.3 Å². The lowest BCUT2D eigenvalue weighted by Gasteiger charge is -2.35. The van der Waals surface area contributed by atoms with E-state index in [4.69, 9.17) is 5.26 Å². The molecule has 1 atom stereocenters. The molecule has 1 N–H and O–H groups in total. The van der Waals surface area contributed by atoms with Crippen LogP contribution in [0.15, 0.2) is 30.3 Å². The maximum atomic E-state index is 11.7. The number of amides is 1. The van der Waals surface area contributed by atoms with Gasteiger partial charge >= 0.3 is 0 Å². The van der Waals surface area contributed by atoms with E-state index in [2.05, 4.69) is 11.4 Å². The number of hydrogen-bond donors (Lipinski definition) is 1. The minimum Gasteiger partial charge on any atom is -0.357 e. The molecule has 0 spiro atoms. The first-order valence-electron chi connectivity index (χ1n) is 5.29. The fraction of sp³-hybridized carbons (Fsp3) is 0.333. The molecule has 0 bridgehead atoms. The molecule has 1 aromatic carbocycles. The Labute approximate surface area is 94.5 Å². The quantitative estimate of drug-likeness (QED) is 0.797. The van der Waals surface area contributed by atoms with Gasteiger partial charge in [-0.15, -0.1) is 0 Å². The molecule has 1 amide bonds. The van der Waals surface area contributed by atoms with Crippen LogP contribution in [0.1, 0.15) is 6.42 Å². The average Bonchev–Trinajstić information content (AvgIpc) is 2.33. The van der Waals surface area contributed by atoms with E-state index >= 15 is 0 Å². The van der Waals surface area contributed by atoms with E-state index in [1.807, 2.05) is 35.2 Å². The number of nitrogens with one attached hydrogen (secondary N) is 1. The molecule has 1 heterocycles. The number of para-hydroxylation sites is 1. The van der Waals surface area contributed by atoms with Gasteiger partial charge in [-0.1, -0.05) is 18.2 Å². The van der Waals surface area contributed by atoms with E-state index in [1.165, 1.54) is 0 Å². The van der Waals surface area contributed by atoms with E-state index < -0.39 is 0 Å². The van der Waals surface area contributed by atoms with Gasteiger partial charge < -0.3 is 10.2 Å². The predicted octanol–water partition coefficient (Wildman–Crippen LogP) is 0.905. The second kappa shape index (κ2) is 4.67. The SMILES string of the molecule is N#CCC1C(=O)NCCN1c1ccccc1. The highest BCUT2D eigenvalue weighted by Crippen LogP contribution is 2.19. The Bertz CT molecular complexity index is 410. The minimum absolute atomic E-state index is 0.0587. The molecular formula is C12H13N3O. The van der Waals surface area contributed by atoms with E-state index in [1.54, 1.807) is 0 Å². The van der Waals surface area contributed by atoms with Crippen molar-refractivity contribution in [2.45, 2.75) is 12.5 Å². The van der Waals surface area contributed by atoms with Crippen molar-refractivity contribution in [1.82, 2.24) is 5.32 Å². The highest BCUT2D eigenvalue weighted by Gasteiger charge is 2.29. The first kappa shape index (κ1) is 10.5. The first-order valence-corrected chi connectivity index (χ1v) is 5.29. The van der Waals surface area contributed by atoms with E-state index in [9.17, 15) is 4.79 Å². The Kier molecular flexibility index (Phi) is 3.06. The summed E-state index contributed by atoms with van der Waals surface area (Å²) in [5, 5.41) is 11.5. The lowest BCUT2D eigenvalue weighted by molar-refractivity contribution is -0.123. The molecule has 16 heavy (non-hydrogen) atoms. The fourth-order valence-electron chi connectivity index (χ4n) is 1.93. The third-order valence-electron chi connectivity index (χ3n) is 2.70. The molecule has 82 valence electrons. The van der Waals surface area contributed by atoms with Crippen molar-refractivity contribution in [3.8, 4) is 6.07 Å². The molecule has 1 saturated heterocycles. The lowest BCUT2D eigenvalue weighted by Crippen LogP contribution is -2.55. The first-order chi connectivity index (χ1) is 7.83. The van der Waals surface area contributed by atoms with Gasteiger partial charge in [0.1, 0.15) is 6.04 Å². The van der Waals surface area contributed by atoms with Crippen LogP contribution in [0.2, 0.25) is 0 Å². The maximum Gasteiger partial charge on any atom is 0.243 e. The summed E-state index contributed by atoms with van der Waals surface area (Å²) in [4.78, 5) is 13.7. The largest absolute Gasteiger partial charge is 0.357 e. The fourth-order valence-corrected chi connectivity index (χ4v) is 1.93. The Morgan fingerprint density at radius 2 is 2.19 bits per heavy atom. The van der Waals surface area contributed by atoms with Crippen LogP contribution in [0, 0.1) is 11.3 Å². The van der Waals surface area contributed by atoms with Crippen LogP contribution in [-0.2, 0) is 4.79 Å². The molecule has 1 aliphatic rings. The van der Waals surface area contributed by atoms with Crippen molar-refractivity contribution >= 4 is 11.6 Å². The zero-order valence-electron chi connectivity index (χ0n) is 8.89. The number of benzene rings is 1. The summed E-state index contributed by atoms with van der Waals surface area (Å²) in [5.41, 5.74) is 0.998. The third-order valence-corrected chi connectivity index (χ3v) is 2.70. The summed E-state index contributed by atoms with van der Waals surface area (Å²) < 4.78 is 0. The van der Waals surface area contributed by atoms with E-state index in [-0.39, 0.29) is 18.4 Å². The standard InChI is InChI=1S/C12H13N3O/c13-7-6-11-12(16)14-8-9-15(11)10-4-2-1-3-5-10/h1-5,11H,6,8-9H2,(H,14,16). The Hall–Kier alpha value is -2.02. The smallest absolute Gasteiger partial charge is 0.243 e. The van der Waals surface area contributed by atoms with Gasteiger partial charge in [-0.25, -0.2) is 0 Å². The number of nitrogens with zero attached hydrogens (tertiary/aromatic N) is 2. The predicted molar refractivity (Wildman–Crippen MR) is 60.8 cm³/mol. The molecule has 4 nitrogen and oxygen atoms in total. The third kappa shape index (κ3) is 1.98. The molecule has 0 radical (unpaired) electrons. The molecule has 2 rings (SSSR count). The number of rotatable bonds is 2. The normalized spacial score (nSPS) is 20.1. The number of carbonyl (C=O) groups excluding carboxylic acids is 1. The summed E-state index contributed by atoms with van der Waals surface area (Å²) in [5.74, 6) is -0.0587. The van der Waals surface area contributed by atoms with E-state index in [0.29, 0.717) is 6.54 Å². The highest BCUT2D eigenvalue weighted by molar-refractivity contribution is 5.86. The number of carbonyl (C=O) groups is 1. The number of hydrogen-bond acceptors (Lipinski definition) is 3. The molecule has 0 aliphatic carbocycles. The Balaban J connectivity index is 2.24. The summed E-state index contributed by atoms with van der Waals surface area (Å²) in [6.45, 7) is 1.39. The van der Waals surface area contributed by atoms with Gasteiger partial charge in [-0.2, -0.15) is 5.26 Å². The molecule has 1 aromatic rings. The van der Waals surface area contributed by atoms with Crippen molar-refractivity contribution < 1.29 is 4.79 Å². The number of anilines is 1. The molecule has 1 fully saturated rings. The molecule has 4 heteroatoms. The second-order valence-corrected chi connectivity index (χ2v) is 3.70. The van der Waals surface area contributed by atoms with Gasteiger partial charge in [0.25, 0.3) is 0 Å². The maximum absolute atomic E-state index is 11.7. The summed E-state index contributed by atoms with van der Waals surface area (Å²) in [6.07, 6.45) is 0.223. The van der Waals surface area contributed by atoms with E-state index in [0.717, 1.165) is 12.2 Å². The lowest BCUT2D eigenvalue weighted by atomic mass is 10.1. The Morgan fingerprint density at radius 1 is 1.44 bits per heavy atom. The monoisotopic (exact) mass is 215 g/mol. The van der Waals surface area contributed by atoms with Crippen LogP contribution < -0.4 is 10.2 Å². The summed E-state index contributed by atoms with van der Waals surface area (Å²) in [6, 6.07) is 11.4. The number of piperazine rings is 1. The van der Waals surface area contributed by atoms with Crippen molar-refractivity contribution in [3.63, 3.8) is 0 Å². The van der Waals surface area contributed by atoms with Crippen LogP contribution in [0.3, 0.4) is 0 Å². The van der Waals surface area contributed by atoms with Gasteiger partial charge in [-0.3, -0.25) is 4.79 Å². The molecule has 1 aliphatic heterocycles. The van der Waals surface area contributed by atoms with Gasteiger partial charge in [0.05, 0.1) is 12.5 Å². The van der Waals surface area contributed by atoms with Crippen LogP contribution in [0.4, 0.5) is 5.69 Å². The van der Waals surface area contributed by atoms with Crippen molar-refractivity contribution in [1.29, 1.82) is 5.26 Å². The Morgan fingerprint density at radius 3 is 2.88 bits per heavy atom. The minimum atomic E-state index is -0.360. The topological polar surface area (TPSA) is 56.1 Å². The van der Waals surface area contributed by atoms with Crippen LogP contribution in [0.25, 0.3) is 0 Å². The van der Waals surface area contributed by atoms with Gasteiger partial charge in [0, 0.05) is 18.8 Å². The molecule has 0 aromatic heterocycles. The average molecular weight is 215 g/mol. The zero-order valence-corrected chi connectivity index (χ0v) is 8.89. The zero-order chi connectivity index (χ0) is 11.4. The molecule has 0 saturated carbocycles. The van der Waals surface area contributed by atoms with Gasteiger partial charge in [0.2, 0.25) is 5.91 Å². The van der Waals surface area contributed by atoms with Crippen LogP contribution >= 0.6 is 0 Å². The summed E-state index contributed by atoms with van der Waals surface area (Å²) in [7, 11) is 0. The van der Waals surface area contributed by atoms with Gasteiger partial charge in [0.15, 0.2) is 0 Å². The second-order valence-electron chi connectivity index (χ2n) is 3.70. The molecular weight excluding hydrogens is 202 g/mol. The van der Waals surface area contributed by atoms with Crippen LogP contribution in [0.5, 0.6) is 0 Å². The van der Waals surface area contributed by atoms with Gasteiger partial charge in [-0.05, 0) is 12.1 Å². The van der Waals surface area contributed by atoms with Crippen molar-refractivity contribution in [2.75, 3.05) is 18.0 Å².